The van der Waals surface area contributed by atoms with Crippen molar-refractivity contribution in [2.75, 3.05) is 0 Å². The molecule has 1 aromatic rings. The van der Waals surface area contributed by atoms with Crippen molar-refractivity contribution < 1.29 is 28.8 Å². The van der Waals surface area contributed by atoms with Crippen LogP contribution in [0.4, 0.5) is 0 Å². The average molecular weight is 222 g/mol. The predicted molar refractivity (Wildman–Crippen MR) is 41.0 cm³/mol. The molecule has 58 valence electrons. The number of carbonyl (C=O) groups excluding carboxylic acids is 1. The Morgan fingerprint density at radius 3 is 2.67 bits per heavy atom. The van der Waals surface area contributed by atoms with Crippen LogP contribution in [-0.2, 0) is 0 Å². The molecule has 1 aromatic heterocycles. The molecule has 0 radical (unpaired) electrons. The van der Waals surface area contributed by atoms with Gasteiger partial charge >= 0.3 is 18.9 Å². The van der Waals surface area contributed by atoms with Gasteiger partial charge in [-0.1, -0.05) is 0 Å². The average Bonchev–Trinajstić information content (AvgIpc) is 1.85. The summed E-state index contributed by atoms with van der Waals surface area (Å²) in [5.41, 5.74) is 0.845. The zero-order valence-corrected chi connectivity index (χ0v) is 8.38. The number of hydrogen-bond acceptors (Lipinski definition) is 3. The summed E-state index contributed by atoms with van der Waals surface area (Å²) in [6.45, 7) is 1.78. The Balaban J connectivity index is 0.00000121. The zero-order chi connectivity index (χ0) is 8.43. The summed E-state index contributed by atoms with van der Waals surface area (Å²) >= 11 is 3.09. The largest absolute Gasteiger partial charge is 1.00 e. The Bertz CT molecular complexity index is 303. The Hall–Kier alpha value is -0.303. The first-order valence-electron chi connectivity index (χ1n) is 2.95. The molecule has 0 aliphatic heterocycles. The van der Waals surface area contributed by atoms with Crippen LogP contribution in [0, 0.1) is 6.92 Å². The van der Waals surface area contributed by atoms with Crippen LogP contribution in [0.2, 0.25) is 0 Å². The molecular weight excluding hydrogens is 217 g/mol. The fraction of sp³-hybridized carbons (Fsp3) is 0.143. The summed E-state index contributed by atoms with van der Waals surface area (Å²) in [5, 5.41) is 10.4. The second kappa shape index (κ2) is 4.66. The molecule has 1 rings (SSSR count). The molecule has 0 aliphatic rings. The van der Waals surface area contributed by atoms with Gasteiger partial charge in [0.2, 0.25) is 0 Å². The number of hydrogen-bond donors (Lipinski definition) is 0. The van der Waals surface area contributed by atoms with E-state index in [1.807, 2.05) is 0 Å². The summed E-state index contributed by atoms with van der Waals surface area (Å²) in [5.74, 6) is -1.22. The van der Waals surface area contributed by atoms with Gasteiger partial charge in [0, 0.05) is 21.9 Å². The second-order valence-corrected chi connectivity index (χ2v) is 2.95. The summed E-state index contributed by atoms with van der Waals surface area (Å²) in [6.07, 6.45) is 1.27. The molecule has 0 saturated carbocycles. The Kier molecular flexibility index (Phi) is 4.54. The molecule has 0 fully saturated rings. The number of carboxylic acid groups (broad SMARTS) is 1. The normalized spacial score (nSPS) is 8.83. The van der Waals surface area contributed by atoms with E-state index in [1.165, 1.54) is 6.20 Å². The number of aryl methyl sites for hydroxylation is 1. The summed E-state index contributed by atoms with van der Waals surface area (Å²) in [6, 6.07) is 1.63. The van der Waals surface area contributed by atoms with Crippen LogP contribution in [0.1, 0.15) is 16.1 Å². The number of rotatable bonds is 1. The number of nitrogens with zero attached hydrogens (tertiary/aromatic N) is 1. The molecule has 0 saturated heterocycles. The fourth-order valence-electron chi connectivity index (χ4n) is 0.677. The Labute approximate surface area is 90.5 Å². The van der Waals surface area contributed by atoms with Crippen molar-refractivity contribution in [1.29, 1.82) is 0 Å². The Morgan fingerprint density at radius 2 is 2.25 bits per heavy atom. The van der Waals surface area contributed by atoms with Gasteiger partial charge < -0.3 is 9.90 Å². The summed E-state index contributed by atoms with van der Waals surface area (Å²) in [7, 11) is 0. The minimum Gasteiger partial charge on any atom is -0.545 e. The molecule has 1 heterocycles. The van der Waals surface area contributed by atoms with E-state index in [-0.39, 0.29) is 24.4 Å². The molecule has 0 atom stereocenters. The van der Waals surface area contributed by atoms with Crippen LogP contribution < -0.4 is 24.0 Å². The zero-order valence-electron chi connectivity index (χ0n) is 6.80. The molecule has 0 aromatic carbocycles. The van der Waals surface area contributed by atoms with Crippen LogP contribution >= 0.6 is 15.9 Å². The number of carbonyl (C=O) groups is 1. The molecule has 3 nitrogen and oxygen atoms in total. The van der Waals surface area contributed by atoms with E-state index in [2.05, 4.69) is 20.9 Å². The van der Waals surface area contributed by atoms with E-state index in [0.29, 0.717) is 4.47 Å². The van der Waals surface area contributed by atoms with E-state index in [0.717, 1.165) is 5.69 Å². The third-order valence-corrected chi connectivity index (χ3v) is 1.87. The minimum absolute atomic E-state index is 0. The van der Waals surface area contributed by atoms with E-state index in [9.17, 15) is 9.90 Å². The van der Waals surface area contributed by atoms with Crippen molar-refractivity contribution in [1.82, 2.24) is 4.98 Å². The van der Waals surface area contributed by atoms with Crippen LogP contribution in [-0.4, -0.2) is 11.0 Å². The molecule has 0 spiro atoms. The number of halogens is 1. The van der Waals surface area contributed by atoms with Crippen molar-refractivity contribution in [3.63, 3.8) is 0 Å². The molecule has 5 heteroatoms. The molecule has 12 heavy (non-hydrogen) atoms. The van der Waals surface area contributed by atoms with Gasteiger partial charge in [-0.25, -0.2) is 0 Å². The van der Waals surface area contributed by atoms with Crippen molar-refractivity contribution >= 4 is 21.9 Å². The second-order valence-electron chi connectivity index (χ2n) is 2.09. The SMILES string of the molecule is Cc1cc(Br)c(C(=O)[O-])cn1.[Li+]. The van der Waals surface area contributed by atoms with Crippen molar-refractivity contribution in [2.45, 2.75) is 6.92 Å². The van der Waals surface area contributed by atoms with E-state index < -0.39 is 5.97 Å². The number of aromatic nitrogens is 1. The maximum atomic E-state index is 10.4. The molecule has 0 unspecified atom stereocenters. The van der Waals surface area contributed by atoms with Gasteiger partial charge in [0.25, 0.3) is 0 Å². The van der Waals surface area contributed by atoms with Gasteiger partial charge in [0.15, 0.2) is 0 Å². The summed E-state index contributed by atoms with van der Waals surface area (Å²) in [4.78, 5) is 14.2. The number of pyridine rings is 1. The monoisotopic (exact) mass is 221 g/mol. The fourth-order valence-corrected chi connectivity index (χ4v) is 1.27. The maximum Gasteiger partial charge on any atom is 1.00 e. The maximum absolute atomic E-state index is 10.4. The molecule has 0 bridgehead atoms. The van der Waals surface area contributed by atoms with Gasteiger partial charge in [-0.3, -0.25) is 4.98 Å². The first-order valence-corrected chi connectivity index (χ1v) is 3.74. The van der Waals surface area contributed by atoms with E-state index in [1.54, 1.807) is 13.0 Å². The molecule has 0 amide bonds. The molecule has 0 N–H and O–H groups in total. The van der Waals surface area contributed by atoms with Crippen molar-refractivity contribution in [3.05, 3.63) is 28.0 Å². The van der Waals surface area contributed by atoms with Crippen LogP contribution in [0.15, 0.2) is 16.7 Å². The first kappa shape index (κ1) is 11.7. The van der Waals surface area contributed by atoms with Crippen LogP contribution in [0.5, 0.6) is 0 Å². The quantitative estimate of drug-likeness (QED) is 0.494. The standard InChI is InChI=1S/C7H6BrNO2.Li/c1-4-2-6(8)5(3-9-4)7(10)11;/h2-3H,1H3,(H,10,11);/q;+1/p-1. The minimum atomic E-state index is -1.22. The third kappa shape index (κ3) is 2.63. The molecular formula is C7H5BrLiNO2. The van der Waals surface area contributed by atoms with Crippen LogP contribution in [0.3, 0.4) is 0 Å². The van der Waals surface area contributed by atoms with Gasteiger partial charge in [-0.2, -0.15) is 0 Å². The van der Waals surface area contributed by atoms with Gasteiger partial charge in [-0.15, -0.1) is 0 Å². The number of aromatic carboxylic acids is 1. The van der Waals surface area contributed by atoms with Crippen molar-refractivity contribution in [2.24, 2.45) is 0 Å². The van der Waals surface area contributed by atoms with Crippen molar-refractivity contribution in [3.8, 4) is 0 Å². The smallest absolute Gasteiger partial charge is 0.545 e. The summed E-state index contributed by atoms with van der Waals surface area (Å²) < 4.78 is 0.505. The van der Waals surface area contributed by atoms with Gasteiger partial charge in [0.1, 0.15) is 0 Å². The third-order valence-electron chi connectivity index (χ3n) is 1.21. The topological polar surface area (TPSA) is 53.0 Å². The van der Waals surface area contributed by atoms with Gasteiger partial charge in [-0.05, 0) is 28.9 Å². The first-order chi connectivity index (χ1) is 5.11. The van der Waals surface area contributed by atoms with E-state index in [4.69, 9.17) is 0 Å². The van der Waals surface area contributed by atoms with Crippen LogP contribution in [0.25, 0.3) is 0 Å². The van der Waals surface area contributed by atoms with Gasteiger partial charge in [0.05, 0.1) is 5.97 Å². The molecule has 0 aliphatic carbocycles. The predicted octanol–water partition coefficient (Wildman–Crippen LogP) is -2.48. The Morgan fingerprint density at radius 1 is 1.67 bits per heavy atom. The van der Waals surface area contributed by atoms with E-state index >= 15 is 0 Å². The number of carboxylic acids is 1.